The van der Waals surface area contributed by atoms with Gasteiger partial charge in [-0.25, -0.2) is 0 Å². The van der Waals surface area contributed by atoms with E-state index in [2.05, 4.69) is 5.10 Å². The van der Waals surface area contributed by atoms with Crippen LogP contribution >= 0.6 is 0 Å². The summed E-state index contributed by atoms with van der Waals surface area (Å²) in [6.07, 6.45) is 3.33. The van der Waals surface area contributed by atoms with E-state index in [4.69, 9.17) is 5.73 Å². The molecule has 0 aliphatic carbocycles. The summed E-state index contributed by atoms with van der Waals surface area (Å²) in [5.74, 6) is -0.0450. The Kier molecular flexibility index (Phi) is 2.95. The average Bonchev–Trinajstić information content (AvgIpc) is 2.80. The molecular formula is C13H15N3O. The lowest BCUT2D eigenvalue weighted by Gasteiger charge is -2.02. The van der Waals surface area contributed by atoms with Gasteiger partial charge in [-0.15, -0.1) is 0 Å². The van der Waals surface area contributed by atoms with Crippen molar-refractivity contribution in [3.8, 4) is 0 Å². The highest BCUT2D eigenvalue weighted by molar-refractivity contribution is 6.09. The molecule has 2 aromatic rings. The SMILES string of the molecule is CCn1cc(C(=O)c2ccc(C)c(N)c2)cn1. The highest BCUT2D eigenvalue weighted by Crippen LogP contribution is 2.16. The number of benzene rings is 1. The lowest BCUT2D eigenvalue weighted by atomic mass is 10.0. The van der Waals surface area contributed by atoms with Crippen LogP contribution in [-0.4, -0.2) is 15.6 Å². The normalized spacial score (nSPS) is 10.5. The zero-order valence-corrected chi connectivity index (χ0v) is 9.97. The fourth-order valence-electron chi connectivity index (χ4n) is 1.60. The van der Waals surface area contributed by atoms with Crippen LogP contribution in [0.1, 0.15) is 28.4 Å². The Morgan fingerprint density at radius 3 is 2.76 bits per heavy atom. The maximum Gasteiger partial charge on any atom is 0.196 e. The van der Waals surface area contributed by atoms with Gasteiger partial charge in [0.2, 0.25) is 0 Å². The quantitative estimate of drug-likeness (QED) is 0.647. The first-order valence-corrected chi connectivity index (χ1v) is 5.55. The molecule has 1 heterocycles. The molecule has 17 heavy (non-hydrogen) atoms. The van der Waals surface area contributed by atoms with Crippen molar-refractivity contribution in [3.63, 3.8) is 0 Å². The van der Waals surface area contributed by atoms with E-state index in [1.807, 2.05) is 19.9 Å². The molecular weight excluding hydrogens is 214 g/mol. The molecule has 0 atom stereocenters. The molecule has 1 aromatic carbocycles. The van der Waals surface area contributed by atoms with Gasteiger partial charge in [0.1, 0.15) is 0 Å². The molecule has 4 heteroatoms. The van der Waals surface area contributed by atoms with Gasteiger partial charge in [0.05, 0.1) is 11.8 Å². The molecule has 0 saturated carbocycles. The summed E-state index contributed by atoms with van der Waals surface area (Å²) in [7, 11) is 0. The van der Waals surface area contributed by atoms with E-state index in [-0.39, 0.29) is 5.78 Å². The number of hydrogen-bond acceptors (Lipinski definition) is 3. The number of carbonyl (C=O) groups excluding carboxylic acids is 1. The second kappa shape index (κ2) is 4.41. The van der Waals surface area contributed by atoms with Crippen molar-refractivity contribution in [1.82, 2.24) is 9.78 Å². The molecule has 0 spiro atoms. The third-order valence-corrected chi connectivity index (χ3v) is 2.76. The van der Waals surface area contributed by atoms with E-state index in [1.165, 1.54) is 0 Å². The molecule has 0 aliphatic rings. The summed E-state index contributed by atoms with van der Waals surface area (Å²) >= 11 is 0. The monoisotopic (exact) mass is 229 g/mol. The zero-order chi connectivity index (χ0) is 12.4. The minimum atomic E-state index is -0.0450. The van der Waals surface area contributed by atoms with Gasteiger partial charge in [-0.3, -0.25) is 9.48 Å². The summed E-state index contributed by atoms with van der Waals surface area (Å²) in [6.45, 7) is 4.65. The number of nitrogen functional groups attached to an aromatic ring is 1. The van der Waals surface area contributed by atoms with Gasteiger partial charge in [0.25, 0.3) is 0 Å². The molecule has 0 fully saturated rings. The van der Waals surface area contributed by atoms with Gasteiger partial charge in [-0.2, -0.15) is 5.10 Å². The topological polar surface area (TPSA) is 60.9 Å². The number of aromatic nitrogens is 2. The second-order valence-electron chi connectivity index (χ2n) is 3.99. The standard InChI is InChI=1S/C13H15N3O/c1-3-16-8-11(7-15-16)13(17)10-5-4-9(2)12(14)6-10/h4-8H,3,14H2,1-2H3. The second-order valence-corrected chi connectivity index (χ2v) is 3.99. The first-order chi connectivity index (χ1) is 8.11. The van der Waals surface area contributed by atoms with E-state index in [1.54, 1.807) is 29.2 Å². The maximum atomic E-state index is 12.1. The average molecular weight is 229 g/mol. The highest BCUT2D eigenvalue weighted by Gasteiger charge is 2.11. The summed E-state index contributed by atoms with van der Waals surface area (Å²) in [5, 5.41) is 4.09. The largest absolute Gasteiger partial charge is 0.398 e. The van der Waals surface area contributed by atoms with Gasteiger partial charge in [0, 0.05) is 24.0 Å². The number of ketones is 1. The van der Waals surface area contributed by atoms with E-state index in [0.29, 0.717) is 16.8 Å². The Morgan fingerprint density at radius 2 is 2.18 bits per heavy atom. The van der Waals surface area contributed by atoms with Crippen LogP contribution < -0.4 is 5.73 Å². The fraction of sp³-hybridized carbons (Fsp3) is 0.231. The van der Waals surface area contributed by atoms with Gasteiger partial charge >= 0.3 is 0 Å². The third kappa shape index (κ3) is 2.20. The predicted molar refractivity (Wildman–Crippen MR) is 66.9 cm³/mol. The van der Waals surface area contributed by atoms with Crippen LogP contribution in [0.2, 0.25) is 0 Å². The molecule has 88 valence electrons. The summed E-state index contributed by atoms with van der Waals surface area (Å²) in [4.78, 5) is 12.1. The zero-order valence-electron chi connectivity index (χ0n) is 9.97. The number of anilines is 1. The number of aryl methyl sites for hydroxylation is 2. The molecule has 1 aromatic heterocycles. The number of nitrogens with two attached hydrogens (primary N) is 1. The van der Waals surface area contributed by atoms with Crippen LogP contribution in [0.5, 0.6) is 0 Å². The highest BCUT2D eigenvalue weighted by atomic mass is 16.1. The molecule has 2 N–H and O–H groups in total. The Labute approximate surface area is 100 Å². The van der Waals surface area contributed by atoms with Crippen molar-refractivity contribution < 1.29 is 4.79 Å². The first kappa shape index (κ1) is 11.4. The van der Waals surface area contributed by atoms with E-state index >= 15 is 0 Å². The molecule has 0 amide bonds. The minimum absolute atomic E-state index is 0.0450. The van der Waals surface area contributed by atoms with E-state index < -0.39 is 0 Å². The van der Waals surface area contributed by atoms with Crippen LogP contribution in [0.4, 0.5) is 5.69 Å². The van der Waals surface area contributed by atoms with Crippen molar-refractivity contribution in [2.24, 2.45) is 0 Å². The first-order valence-electron chi connectivity index (χ1n) is 5.55. The van der Waals surface area contributed by atoms with Gasteiger partial charge < -0.3 is 5.73 Å². The van der Waals surface area contributed by atoms with E-state index in [0.717, 1.165) is 12.1 Å². The number of rotatable bonds is 3. The number of nitrogens with zero attached hydrogens (tertiary/aromatic N) is 2. The molecule has 0 aliphatic heterocycles. The summed E-state index contributed by atoms with van der Waals surface area (Å²) < 4.78 is 1.73. The van der Waals surface area contributed by atoms with Gasteiger partial charge in [-0.05, 0) is 25.5 Å². The number of carbonyl (C=O) groups is 1. The Bertz CT molecular complexity index is 558. The smallest absolute Gasteiger partial charge is 0.196 e. The van der Waals surface area contributed by atoms with Crippen molar-refractivity contribution in [1.29, 1.82) is 0 Å². The predicted octanol–water partition coefficient (Wildman–Crippen LogP) is 2.02. The molecule has 0 unspecified atom stereocenters. The lowest BCUT2D eigenvalue weighted by Crippen LogP contribution is -2.02. The van der Waals surface area contributed by atoms with Crippen LogP contribution in [-0.2, 0) is 6.54 Å². The van der Waals surface area contributed by atoms with Gasteiger partial charge in [0.15, 0.2) is 5.78 Å². The summed E-state index contributed by atoms with van der Waals surface area (Å²) in [5.41, 5.74) is 8.60. The van der Waals surface area contributed by atoms with Crippen LogP contribution in [0.25, 0.3) is 0 Å². The Hall–Kier alpha value is -2.10. The number of hydrogen-bond donors (Lipinski definition) is 1. The van der Waals surface area contributed by atoms with Crippen molar-refractivity contribution in [2.75, 3.05) is 5.73 Å². The van der Waals surface area contributed by atoms with Crippen LogP contribution in [0, 0.1) is 6.92 Å². The van der Waals surface area contributed by atoms with Crippen LogP contribution in [0.15, 0.2) is 30.6 Å². The van der Waals surface area contributed by atoms with Crippen molar-refractivity contribution in [3.05, 3.63) is 47.3 Å². The van der Waals surface area contributed by atoms with Crippen molar-refractivity contribution in [2.45, 2.75) is 20.4 Å². The Balaban J connectivity index is 2.33. The minimum Gasteiger partial charge on any atom is -0.398 e. The molecule has 0 radical (unpaired) electrons. The molecule has 0 saturated heterocycles. The maximum absolute atomic E-state index is 12.1. The van der Waals surface area contributed by atoms with Crippen LogP contribution in [0.3, 0.4) is 0 Å². The van der Waals surface area contributed by atoms with E-state index in [9.17, 15) is 4.79 Å². The fourth-order valence-corrected chi connectivity index (χ4v) is 1.60. The Morgan fingerprint density at radius 1 is 1.41 bits per heavy atom. The molecule has 0 bridgehead atoms. The summed E-state index contributed by atoms with van der Waals surface area (Å²) in [6, 6.07) is 5.35. The molecule has 4 nitrogen and oxygen atoms in total. The third-order valence-electron chi connectivity index (χ3n) is 2.76. The molecule has 2 rings (SSSR count). The van der Waals surface area contributed by atoms with Crippen molar-refractivity contribution >= 4 is 11.5 Å². The lowest BCUT2D eigenvalue weighted by molar-refractivity contribution is 0.103. The van der Waals surface area contributed by atoms with Gasteiger partial charge in [-0.1, -0.05) is 12.1 Å².